The minimum absolute atomic E-state index is 0.0273. The highest BCUT2D eigenvalue weighted by molar-refractivity contribution is 6.43. The van der Waals surface area contributed by atoms with Crippen molar-refractivity contribution >= 4 is 34.6 Å². The lowest BCUT2D eigenvalue weighted by Gasteiger charge is -2.35. The normalized spacial score (nSPS) is 15.7. The summed E-state index contributed by atoms with van der Waals surface area (Å²) in [7, 11) is 0. The molecule has 0 aromatic heterocycles. The number of hydrogen-bond acceptors (Lipinski definition) is 2. The molecule has 186 valence electrons. The van der Waals surface area contributed by atoms with Crippen LogP contribution in [0.25, 0.3) is 0 Å². The van der Waals surface area contributed by atoms with Gasteiger partial charge in [-0.15, -0.1) is 0 Å². The molecule has 4 heteroatoms. The van der Waals surface area contributed by atoms with E-state index in [-0.39, 0.29) is 16.9 Å². The van der Waals surface area contributed by atoms with Crippen molar-refractivity contribution in [1.29, 1.82) is 0 Å². The molecule has 1 aliphatic heterocycles. The van der Waals surface area contributed by atoms with E-state index in [9.17, 15) is 0 Å². The molecule has 0 amide bonds. The van der Waals surface area contributed by atoms with Crippen LogP contribution in [-0.4, -0.2) is 6.61 Å². The van der Waals surface area contributed by atoms with Crippen LogP contribution in [-0.2, 0) is 10.8 Å². The molecule has 1 unspecified atom stereocenters. The number of nitrogens with zero attached hydrogens (tertiary/aromatic N) is 1. The Balaban J connectivity index is 1.99. The van der Waals surface area contributed by atoms with Gasteiger partial charge in [-0.25, -0.2) is 0 Å². The molecule has 3 aromatic carbocycles. The van der Waals surface area contributed by atoms with Crippen molar-refractivity contribution in [3.63, 3.8) is 0 Å². The first-order chi connectivity index (χ1) is 16.2. The fourth-order valence-electron chi connectivity index (χ4n) is 4.97. The summed E-state index contributed by atoms with van der Waals surface area (Å²) in [6.45, 7) is 20.5. The summed E-state index contributed by atoms with van der Waals surface area (Å²) in [5, 5.41) is 1.13. The fourth-order valence-corrected chi connectivity index (χ4v) is 5.44. The number of aryl methyl sites for hydroxylation is 3. The zero-order chi connectivity index (χ0) is 25.9. The van der Waals surface area contributed by atoms with E-state index >= 15 is 0 Å². The highest BCUT2D eigenvalue weighted by Crippen LogP contribution is 2.49. The molecule has 0 spiro atoms. The van der Waals surface area contributed by atoms with E-state index in [0.29, 0.717) is 16.7 Å². The number of anilines is 2. The third-order valence-electron chi connectivity index (χ3n) is 6.95. The van der Waals surface area contributed by atoms with Crippen LogP contribution in [0, 0.1) is 20.8 Å². The van der Waals surface area contributed by atoms with E-state index < -0.39 is 0 Å². The lowest BCUT2D eigenvalue weighted by molar-refractivity contribution is 0.332. The number of fused-ring (bicyclic) bond motifs is 1. The average Bonchev–Trinajstić information content (AvgIpc) is 3.15. The van der Waals surface area contributed by atoms with Gasteiger partial charge in [-0.05, 0) is 83.7 Å². The molecule has 0 radical (unpaired) electrons. The summed E-state index contributed by atoms with van der Waals surface area (Å²) >= 11 is 13.5. The maximum absolute atomic E-state index is 6.91. The van der Waals surface area contributed by atoms with Crippen molar-refractivity contribution in [2.45, 2.75) is 79.2 Å². The number of benzene rings is 3. The summed E-state index contributed by atoms with van der Waals surface area (Å²) in [4.78, 5) is 2.36. The molecule has 0 fully saturated rings. The minimum atomic E-state index is -0.0273. The smallest absolute Gasteiger partial charge is 0.124 e. The molecule has 4 rings (SSSR count). The lowest BCUT2D eigenvalue weighted by Crippen LogP contribution is -2.27. The van der Waals surface area contributed by atoms with Gasteiger partial charge < -0.3 is 9.64 Å². The van der Waals surface area contributed by atoms with E-state index in [0.717, 1.165) is 22.7 Å². The fraction of sp³-hybridized carbons (Fsp3) is 0.419. The first-order valence-corrected chi connectivity index (χ1v) is 13.1. The van der Waals surface area contributed by atoms with Crippen LogP contribution in [0.1, 0.15) is 81.0 Å². The Morgan fingerprint density at radius 2 is 1.40 bits per heavy atom. The van der Waals surface area contributed by atoms with Crippen LogP contribution >= 0.6 is 23.2 Å². The highest BCUT2D eigenvalue weighted by atomic mass is 35.5. The summed E-state index contributed by atoms with van der Waals surface area (Å²) < 4.78 is 6.24. The largest absolute Gasteiger partial charge is 0.491 e. The van der Waals surface area contributed by atoms with Gasteiger partial charge in [-0.2, -0.15) is 0 Å². The molecule has 0 saturated carbocycles. The van der Waals surface area contributed by atoms with Crippen LogP contribution in [0.5, 0.6) is 5.75 Å². The number of rotatable bonds is 3. The molecule has 1 aliphatic rings. The topological polar surface area (TPSA) is 12.5 Å². The van der Waals surface area contributed by atoms with Gasteiger partial charge in [-0.1, -0.05) is 82.9 Å². The standard InChI is InChI=1S/C31H37Cl2NO/c1-18-12-24(32)28(33)25(13-18)34(29-19(2)14-22(15-20(29)3)31(7,8)9)26-17-35-27-11-10-21(16-23(26)27)30(4,5)6/h10-16,26H,17H2,1-9H3. The Hall–Kier alpha value is -2.16. The van der Waals surface area contributed by atoms with E-state index in [1.165, 1.54) is 27.8 Å². The predicted molar refractivity (Wildman–Crippen MR) is 151 cm³/mol. The second kappa shape index (κ2) is 9.05. The van der Waals surface area contributed by atoms with Crippen LogP contribution in [0.15, 0.2) is 42.5 Å². The van der Waals surface area contributed by atoms with Gasteiger partial charge in [0.05, 0.1) is 21.8 Å². The second-order valence-electron chi connectivity index (χ2n) is 12.0. The minimum Gasteiger partial charge on any atom is -0.491 e. The molecular weight excluding hydrogens is 473 g/mol. The second-order valence-corrected chi connectivity index (χ2v) is 12.8. The zero-order valence-electron chi connectivity index (χ0n) is 22.4. The van der Waals surface area contributed by atoms with E-state index in [4.69, 9.17) is 27.9 Å². The monoisotopic (exact) mass is 509 g/mol. The molecule has 0 N–H and O–H groups in total. The van der Waals surface area contributed by atoms with Gasteiger partial charge in [0.2, 0.25) is 0 Å². The van der Waals surface area contributed by atoms with Crippen molar-refractivity contribution < 1.29 is 4.74 Å². The molecular formula is C31H37Cl2NO. The maximum Gasteiger partial charge on any atom is 0.124 e. The molecule has 35 heavy (non-hydrogen) atoms. The van der Waals surface area contributed by atoms with E-state index in [2.05, 4.69) is 104 Å². The van der Waals surface area contributed by atoms with Crippen molar-refractivity contribution in [2.75, 3.05) is 11.5 Å². The SMILES string of the molecule is Cc1cc(Cl)c(Cl)c(N(c2c(C)cc(C(C)(C)C)cc2C)C2COc3ccc(C(C)(C)C)cc32)c1. The molecule has 3 aromatic rings. The third-order valence-corrected chi connectivity index (χ3v) is 7.75. The molecule has 0 bridgehead atoms. The molecule has 2 nitrogen and oxygen atoms in total. The Labute approximate surface area is 221 Å². The molecule has 0 saturated heterocycles. The first kappa shape index (κ1) is 25.9. The van der Waals surface area contributed by atoms with Gasteiger partial charge >= 0.3 is 0 Å². The first-order valence-electron chi connectivity index (χ1n) is 12.3. The summed E-state index contributed by atoms with van der Waals surface area (Å²) in [6.07, 6.45) is 0. The molecule has 0 aliphatic carbocycles. The van der Waals surface area contributed by atoms with Gasteiger partial charge in [0.15, 0.2) is 0 Å². The quantitative estimate of drug-likeness (QED) is 0.348. The van der Waals surface area contributed by atoms with E-state index in [1.54, 1.807) is 0 Å². The number of hydrogen-bond donors (Lipinski definition) is 0. The van der Waals surface area contributed by atoms with Crippen LogP contribution in [0.4, 0.5) is 11.4 Å². The maximum atomic E-state index is 6.91. The van der Waals surface area contributed by atoms with Gasteiger partial charge in [-0.3, -0.25) is 0 Å². The van der Waals surface area contributed by atoms with Crippen molar-refractivity contribution in [3.05, 3.63) is 85.9 Å². The van der Waals surface area contributed by atoms with Gasteiger partial charge in [0, 0.05) is 11.3 Å². The summed E-state index contributed by atoms with van der Waals surface area (Å²) in [5.41, 5.74) is 9.46. The Morgan fingerprint density at radius 1 is 0.800 bits per heavy atom. The third kappa shape index (κ3) is 4.93. The summed E-state index contributed by atoms with van der Waals surface area (Å²) in [6, 6.07) is 15.2. The lowest BCUT2D eigenvalue weighted by atomic mass is 9.84. The Morgan fingerprint density at radius 3 is 1.97 bits per heavy atom. The average molecular weight is 511 g/mol. The molecule has 1 atom stereocenters. The Kier molecular flexibility index (Phi) is 6.70. The van der Waals surface area contributed by atoms with Crippen molar-refractivity contribution in [1.82, 2.24) is 0 Å². The summed E-state index contributed by atoms with van der Waals surface area (Å²) in [5.74, 6) is 0.935. The van der Waals surface area contributed by atoms with Crippen LogP contribution in [0.2, 0.25) is 10.0 Å². The van der Waals surface area contributed by atoms with Gasteiger partial charge in [0.25, 0.3) is 0 Å². The number of halogens is 2. The predicted octanol–water partition coefficient (Wildman–Crippen LogP) is 9.79. The Bertz CT molecular complexity index is 1260. The van der Waals surface area contributed by atoms with Crippen LogP contribution in [0.3, 0.4) is 0 Å². The highest BCUT2D eigenvalue weighted by Gasteiger charge is 2.35. The zero-order valence-corrected chi connectivity index (χ0v) is 23.9. The van der Waals surface area contributed by atoms with E-state index in [1.807, 2.05) is 6.07 Å². The van der Waals surface area contributed by atoms with Crippen molar-refractivity contribution in [2.24, 2.45) is 0 Å². The molecule has 1 heterocycles. The van der Waals surface area contributed by atoms with Crippen LogP contribution < -0.4 is 9.64 Å². The van der Waals surface area contributed by atoms with Gasteiger partial charge in [0.1, 0.15) is 12.4 Å². The number of ether oxygens (including phenoxy) is 1. The van der Waals surface area contributed by atoms with Crippen molar-refractivity contribution in [3.8, 4) is 5.75 Å².